The number of aliphatic carboxylic acids is 1. The van der Waals surface area contributed by atoms with Crippen molar-refractivity contribution in [1.82, 2.24) is 10.6 Å². The van der Waals surface area contributed by atoms with E-state index in [1.165, 1.54) is 13.8 Å². The smallest absolute Gasteiger partial charge is 0.408 e. The number of hydrogen-bond acceptors (Lipinski definition) is 5. The van der Waals surface area contributed by atoms with Crippen molar-refractivity contribution in [3.05, 3.63) is 10.4 Å². The number of nitrogens with zero attached hydrogens (tertiary/aromatic N) is 3. The normalized spacial score (nSPS) is 12.5. The number of nitrogens with one attached hydrogen (secondary N) is 2. The second-order valence-corrected chi connectivity index (χ2v) is 7.04. The molecule has 0 fully saturated rings. The molecule has 0 aromatic carbocycles. The first-order chi connectivity index (χ1) is 11.4. The summed E-state index contributed by atoms with van der Waals surface area (Å²) in [6.45, 7) is 8.34. The third kappa shape index (κ3) is 10.1. The zero-order chi connectivity index (χ0) is 19.7. The maximum Gasteiger partial charge on any atom is 0.408 e. The Morgan fingerprint density at radius 3 is 2.28 bits per heavy atom. The monoisotopic (exact) mass is 357 g/mol. The van der Waals surface area contributed by atoms with Crippen LogP contribution in [0.2, 0.25) is 0 Å². The number of hydrogen-bond donors (Lipinski definition) is 3. The van der Waals surface area contributed by atoms with Crippen LogP contribution in [0, 0.1) is 0 Å². The summed E-state index contributed by atoms with van der Waals surface area (Å²) in [6, 6.07) is -1.06. The molecule has 0 saturated carbocycles. The third-order valence-corrected chi connectivity index (χ3v) is 3.04. The molecule has 1 atom stereocenters. The number of alkyl carbamates (subject to hydrolysis) is 1. The van der Waals surface area contributed by atoms with Gasteiger partial charge in [-0.2, -0.15) is 0 Å². The van der Waals surface area contributed by atoms with Crippen LogP contribution in [0.5, 0.6) is 0 Å². The number of rotatable bonds is 9. The van der Waals surface area contributed by atoms with E-state index in [1.807, 2.05) is 0 Å². The molecule has 0 aromatic heterocycles. The molecule has 0 radical (unpaired) electrons. The van der Waals surface area contributed by atoms with E-state index in [0.717, 1.165) is 0 Å². The summed E-state index contributed by atoms with van der Waals surface area (Å²) in [6.07, 6.45) is 0.390. The highest BCUT2D eigenvalue weighted by Crippen LogP contribution is 2.10. The number of azide groups is 1. The van der Waals surface area contributed by atoms with Crippen molar-refractivity contribution in [3.8, 4) is 0 Å². The minimum Gasteiger partial charge on any atom is -0.480 e. The predicted molar refractivity (Wildman–Crippen MR) is 90.9 cm³/mol. The number of carbonyl (C=O) groups excluding carboxylic acids is 2. The molecule has 2 amide bonds. The molecule has 0 aliphatic heterocycles. The summed E-state index contributed by atoms with van der Waals surface area (Å²) >= 11 is 0. The van der Waals surface area contributed by atoms with Gasteiger partial charge in [0.2, 0.25) is 5.91 Å². The van der Waals surface area contributed by atoms with Gasteiger partial charge < -0.3 is 20.5 Å². The van der Waals surface area contributed by atoms with Gasteiger partial charge in [0.15, 0.2) is 0 Å². The molecule has 1 unspecified atom stereocenters. The molecule has 10 heteroatoms. The zero-order valence-electron chi connectivity index (χ0n) is 15.3. The summed E-state index contributed by atoms with van der Waals surface area (Å²) in [5.74, 6) is -1.56. The van der Waals surface area contributed by atoms with Crippen molar-refractivity contribution < 1.29 is 24.2 Å². The number of unbranched alkanes of at least 4 members (excludes halogenated alkanes) is 1. The van der Waals surface area contributed by atoms with Crippen molar-refractivity contribution in [2.45, 2.75) is 71.1 Å². The molecule has 0 aliphatic rings. The molecule has 142 valence electrons. The average molecular weight is 357 g/mol. The molecule has 0 bridgehead atoms. The molecule has 10 nitrogen and oxygen atoms in total. The van der Waals surface area contributed by atoms with E-state index in [1.54, 1.807) is 20.8 Å². The van der Waals surface area contributed by atoms with E-state index in [0.29, 0.717) is 19.4 Å². The summed E-state index contributed by atoms with van der Waals surface area (Å²) in [5, 5.41) is 17.5. The van der Waals surface area contributed by atoms with Crippen LogP contribution in [-0.4, -0.2) is 46.8 Å². The van der Waals surface area contributed by atoms with Gasteiger partial charge in [0.05, 0.1) is 0 Å². The Morgan fingerprint density at radius 2 is 1.80 bits per heavy atom. The van der Waals surface area contributed by atoms with Crippen LogP contribution in [0.3, 0.4) is 0 Å². The molecule has 0 aliphatic carbocycles. The summed E-state index contributed by atoms with van der Waals surface area (Å²) in [7, 11) is 0. The molecule has 0 heterocycles. The van der Waals surface area contributed by atoms with Crippen LogP contribution in [0.4, 0.5) is 4.79 Å². The Morgan fingerprint density at radius 1 is 1.20 bits per heavy atom. The Hall–Kier alpha value is -2.48. The van der Waals surface area contributed by atoms with Crippen molar-refractivity contribution in [1.29, 1.82) is 0 Å². The molecule has 0 saturated heterocycles. The van der Waals surface area contributed by atoms with Gasteiger partial charge in [-0.3, -0.25) is 4.79 Å². The lowest BCUT2D eigenvalue weighted by molar-refractivity contribution is -0.139. The van der Waals surface area contributed by atoms with Gasteiger partial charge in [0, 0.05) is 11.5 Å². The fourth-order valence-corrected chi connectivity index (χ4v) is 1.76. The van der Waals surface area contributed by atoms with E-state index in [9.17, 15) is 14.4 Å². The number of carbonyl (C=O) groups is 3. The first kappa shape index (κ1) is 22.5. The summed E-state index contributed by atoms with van der Waals surface area (Å²) in [4.78, 5) is 37.2. The van der Waals surface area contributed by atoms with Crippen LogP contribution in [0.1, 0.15) is 53.9 Å². The number of carboxylic acids is 1. The van der Waals surface area contributed by atoms with Gasteiger partial charge in [-0.05, 0) is 59.4 Å². The minimum atomic E-state index is -1.18. The van der Waals surface area contributed by atoms with Crippen molar-refractivity contribution >= 4 is 18.0 Å². The van der Waals surface area contributed by atoms with E-state index in [4.69, 9.17) is 15.4 Å². The highest BCUT2D eigenvalue weighted by atomic mass is 16.6. The Kier molecular flexibility index (Phi) is 8.76. The summed E-state index contributed by atoms with van der Waals surface area (Å²) in [5.41, 5.74) is 6.50. The van der Waals surface area contributed by atoms with E-state index < -0.39 is 35.2 Å². The van der Waals surface area contributed by atoms with Gasteiger partial charge in [-0.1, -0.05) is 5.11 Å². The van der Waals surface area contributed by atoms with E-state index in [-0.39, 0.29) is 6.42 Å². The van der Waals surface area contributed by atoms with Gasteiger partial charge in [-0.25, -0.2) is 9.59 Å². The van der Waals surface area contributed by atoms with Crippen LogP contribution in [-0.2, 0) is 14.3 Å². The van der Waals surface area contributed by atoms with E-state index >= 15 is 0 Å². The minimum absolute atomic E-state index is 0.199. The van der Waals surface area contributed by atoms with Gasteiger partial charge in [-0.15, -0.1) is 0 Å². The van der Waals surface area contributed by atoms with Crippen LogP contribution < -0.4 is 10.6 Å². The van der Waals surface area contributed by atoms with Crippen molar-refractivity contribution in [2.75, 3.05) is 6.54 Å². The average Bonchev–Trinajstić information content (AvgIpc) is 2.43. The number of carboxylic acid groups (broad SMARTS) is 1. The topological polar surface area (TPSA) is 153 Å². The second kappa shape index (κ2) is 9.73. The Labute approximate surface area is 146 Å². The Balaban J connectivity index is 4.26. The highest BCUT2D eigenvalue weighted by molar-refractivity contribution is 5.85. The van der Waals surface area contributed by atoms with Crippen LogP contribution >= 0.6 is 0 Å². The lowest BCUT2D eigenvalue weighted by Gasteiger charge is -2.22. The fourth-order valence-electron chi connectivity index (χ4n) is 1.76. The molecular weight excluding hydrogens is 330 g/mol. The lowest BCUT2D eigenvalue weighted by atomic mass is 10.1. The first-order valence-electron chi connectivity index (χ1n) is 7.96. The number of ether oxygens (including phenoxy) is 1. The van der Waals surface area contributed by atoms with Gasteiger partial charge in [0.25, 0.3) is 0 Å². The lowest BCUT2D eigenvalue weighted by Crippen LogP contribution is -2.43. The third-order valence-electron chi connectivity index (χ3n) is 3.04. The Bertz CT molecular complexity index is 535. The molecule has 3 N–H and O–H groups in total. The van der Waals surface area contributed by atoms with Crippen LogP contribution in [0.25, 0.3) is 10.4 Å². The highest BCUT2D eigenvalue weighted by Gasteiger charge is 2.26. The molecular formula is C15H27N5O5. The SMILES string of the molecule is CC(C)(C)OC(=O)NC(CCCCNC(=O)C(C)(C)N=[N+]=[N-])C(=O)O. The van der Waals surface area contributed by atoms with Crippen LogP contribution in [0.15, 0.2) is 5.11 Å². The van der Waals surface area contributed by atoms with Gasteiger partial charge in [0.1, 0.15) is 17.2 Å². The maximum atomic E-state index is 11.8. The second-order valence-electron chi connectivity index (χ2n) is 7.04. The quantitative estimate of drug-likeness (QED) is 0.250. The van der Waals surface area contributed by atoms with E-state index in [2.05, 4.69) is 20.7 Å². The fraction of sp³-hybridized carbons (Fsp3) is 0.800. The standard InChI is InChI=1S/C15H27N5O5/c1-14(2,3)25-13(24)18-10(11(21)22)8-6-7-9-17-12(23)15(4,5)19-20-16/h10H,6-9H2,1-5H3,(H,17,23)(H,18,24)(H,21,22). The molecule has 0 rings (SSSR count). The molecule has 25 heavy (non-hydrogen) atoms. The first-order valence-corrected chi connectivity index (χ1v) is 7.96. The maximum absolute atomic E-state index is 11.8. The molecule has 0 spiro atoms. The van der Waals surface area contributed by atoms with Crippen molar-refractivity contribution in [3.63, 3.8) is 0 Å². The predicted octanol–water partition coefficient (Wildman–Crippen LogP) is 2.34. The largest absolute Gasteiger partial charge is 0.480 e. The zero-order valence-corrected chi connectivity index (χ0v) is 15.3. The molecule has 0 aromatic rings. The van der Waals surface area contributed by atoms with Crippen molar-refractivity contribution in [2.24, 2.45) is 5.11 Å². The van der Waals surface area contributed by atoms with Gasteiger partial charge >= 0.3 is 12.1 Å². The summed E-state index contributed by atoms with van der Waals surface area (Å²) < 4.78 is 5.03. The number of amides is 2.